The summed E-state index contributed by atoms with van der Waals surface area (Å²) in [7, 11) is 0. The van der Waals surface area contributed by atoms with Crippen molar-refractivity contribution in [3.05, 3.63) is 63.9 Å². The van der Waals surface area contributed by atoms with E-state index in [1.165, 1.54) is 29.3 Å². The maximum Gasteiger partial charge on any atom is 0.224 e. The number of hydrogen-bond acceptors (Lipinski definition) is 2. The van der Waals surface area contributed by atoms with Crippen LogP contribution in [0.4, 0.5) is 10.1 Å². The van der Waals surface area contributed by atoms with Gasteiger partial charge in [0.25, 0.3) is 0 Å². The van der Waals surface area contributed by atoms with Crippen molar-refractivity contribution in [1.82, 2.24) is 0 Å². The summed E-state index contributed by atoms with van der Waals surface area (Å²) in [4.78, 5) is 24.2. The number of carbonyl (C=O) groups excluding carboxylic acids is 2. The summed E-state index contributed by atoms with van der Waals surface area (Å²) >= 11 is 5.67. The van der Waals surface area contributed by atoms with E-state index < -0.39 is 5.82 Å². The van der Waals surface area contributed by atoms with Crippen LogP contribution in [0.3, 0.4) is 0 Å². The number of Topliss-reactive ketones (excluding diaryl/α,β-unsaturated/α-hetero) is 1. The number of anilines is 1. The van der Waals surface area contributed by atoms with Crippen LogP contribution in [0.25, 0.3) is 0 Å². The Kier molecular flexibility index (Phi) is 4.95. The minimum Gasteiger partial charge on any atom is -0.326 e. The van der Waals surface area contributed by atoms with Gasteiger partial charge in [-0.25, -0.2) is 4.39 Å². The normalized spacial score (nSPS) is 12.8. The third-order valence-electron chi connectivity index (χ3n) is 4.20. The zero-order chi connectivity index (χ0) is 17.1. The molecule has 0 bridgehead atoms. The van der Waals surface area contributed by atoms with Crippen molar-refractivity contribution in [3.8, 4) is 0 Å². The average Bonchev–Trinajstić information content (AvgIpc) is 3.03. The number of halogens is 2. The number of hydrogen-bond donors (Lipinski definition) is 1. The van der Waals surface area contributed by atoms with Gasteiger partial charge < -0.3 is 5.32 Å². The Morgan fingerprint density at radius 2 is 1.83 bits per heavy atom. The van der Waals surface area contributed by atoms with E-state index in [0.717, 1.165) is 19.3 Å². The molecule has 0 saturated heterocycles. The van der Waals surface area contributed by atoms with Gasteiger partial charge >= 0.3 is 0 Å². The Bertz CT molecular complexity index is 804. The molecule has 24 heavy (non-hydrogen) atoms. The van der Waals surface area contributed by atoms with Gasteiger partial charge in [0.05, 0.1) is 5.02 Å². The second kappa shape index (κ2) is 7.14. The molecule has 2 aromatic rings. The van der Waals surface area contributed by atoms with Gasteiger partial charge in [-0.15, -0.1) is 0 Å². The van der Waals surface area contributed by atoms with Crippen LogP contribution in [0.1, 0.15) is 40.7 Å². The van der Waals surface area contributed by atoms with E-state index >= 15 is 0 Å². The van der Waals surface area contributed by atoms with Crippen molar-refractivity contribution in [1.29, 1.82) is 0 Å². The summed E-state index contributed by atoms with van der Waals surface area (Å²) in [5.74, 6) is -0.884. The van der Waals surface area contributed by atoms with Crippen molar-refractivity contribution in [2.75, 3.05) is 5.32 Å². The molecule has 1 amide bonds. The Hall–Kier alpha value is -2.20. The summed E-state index contributed by atoms with van der Waals surface area (Å²) in [6.45, 7) is 0. The van der Waals surface area contributed by atoms with Crippen molar-refractivity contribution in [2.24, 2.45) is 0 Å². The largest absolute Gasteiger partial charge is 0.326 e. The van der Waals surface area contributed by atoms with Crippen molar-refractivity contribution < 1.29 is 14.0 Å². The number of fused-ring (bicyclic) bond motifs is 1. The molecule has 0 saturated carbocycles. The van der Waals surface area contributed by atoms with Gasteiger partial charge in [-0.1, -0.05) is 23.7 Å². The summed E-state index contributed by atoms with van der Waals surface area (Å²) in [6.07, 6.45) is 3.44. The topological polar surface area (TPSA) is 46.2 Å². The van der Waals surface area contributed by atoms with Gasteiger partial charge in [0.1, 0.15) is 5.82 Å². The van der Waals surface area contributed by atoms with Crippen molar-refractivity contribution in [3.63, 3.8) is 0 Å². The molecule has 0 heterocycles. The number of amides is 1. The van der Waals surface area contributed by atoms with E-state index in [1.807, 2.05) is 18.2 Å². The summed E-state index contributed by atoms with van der Waals surface area (Å²) in [5.41, 5.74) is 3.63. The molecule has 1 aliphatic rings. The zero-order valence-corrected chi connectivity index (χ0v) is 13.8. The third-order valence-corrected chi connectivity index (χ3v) is 4.49. The molecular formula is C19H17ClFNO2. The van der Waals surface area contributed by atoms with Crippen LogP contribution in [-0.2, 0) is 17.6 Å². The Balaban J connectivity index is 1.55. The van der Waals surface area contributed by atoms with Gasteiger partial charge in [0.15, 0.2) is 5.78 Å². The Morgan fingerprint density at radius 3 is 2.62 bits per heavy atom. The van der Waals surface area contributed by atoms with E-state index in [1.54, 1.807) is 0 Å². The molecule has 0 radical (unpaired) electrons. The van der Waals surface area contributed by atoms with Crippen LogP contribution in [0.2, 0.25) is 5.02 Å². The number of rotatable bonds is 5. The molecule has 3 rings (SSSR count). The van der Waals surface area contributed by atoms with Crippen LogP contribution in [0, 0.1) is 5.82 Å². The number of nitrogens with one attached hydrogen (secondary N) is 1. The van der Waals surface area contributed by atoms with Gasteiger partial charge in [-0.2, -0.15) is 0 Å². The lowest BCUT2D eigenvalue weighted by Crippen LogP contribution is -2.13. The summed E-state index contributed by atoms with van der Waals surface area (Å²) < 4.78 is 13.1. The first-order valence-corrected chi connectivity index (χ1v) is 8.30. The highest BCUT2D eigenvalue weighted by molar-refractivity contribution is 6.31. The van der Waals surface area contributed by atoms with Crippen LogP contribution in [0.5, 0.6) is 0 Å². The number of aryl methyl sites for hydroxylation is 2. The molecule has 0 atom stereocenters. The predicted octanol–water partition coefficient (Wildman–Crippen LogP) is 4.57. The van der Waals surface area contributed by atoms with E-state index in [-0.39, 0.29) is 29.6 Å². The van der Waals surface area contributed by atoms with Crippen LogP contribution >= 0.6 is 11.6 Å². The SMILES string of the molecule is O=C(CCC(=O)c1ccc2c(c1)CCC2)Nc1ccc(F)c(Cl)c1. The maximum absolute atomic E-state index is 13.1. The highest BCUT2D eigenvalue weighted by Gasteiger charge is 2.15. The predicted molar refractivity (Wildman–Crippen MR) is 92.1 cm³/mol. The molecule has 0 spiro atoms. The van der Waals surface area contributed by atoms with E-state index in [2.05, 4.69) is 5.32 Å². The van der Waals surface area contributed by atoms with E-state index in [4.69, 9.17) is 11.6 Å². The highest BCUT2D eigenvalue weighted by Crippen LogP contribution is 2.24. The Morgan fingerprint density at radius 1 is 1.04 bits per heavy atom. The number of carbonyl (C=O) groups is 2. The molecule has 1 N–H and O–H groups in total. The fourth-order valence-corrected chi connectivity index (χ4v) is 3.09. The number of ketones is 1. The van der Waals surface area contributed by atoms with Crippen LogP contribution in [0.15, 0.2) is 36.4 Å². The second-order valence-electron chi connectivity index (χ2n) is 5.94. The molecule has 3 nitrogen and oxygen atoms in total. The first kappa shape index (κ1) is 16.7. The molecule has 0 aliphatic heterocycles. The molecule has 0 fully saturated rings. The monoisotopic (exact) mass is 345 g/mol. The quantitative estimate of drug-likeness (QED) is 0.807. The van der Waals surface area contributed by atoms with Crippen molar-refractivity contribution in [2.45, 2.75) is 32.1 Å². The standard InChI is InChI=1S/C19H17ClFNO2/c20-16-11-15(6-7-17(16)21)22-19(24)9-8-18(23)14-5-4-12-2-1-3-13(12)10-14/h4-7,10-11H,1-3,8-9H2,(H,22,24). The minimum atomic E-state index is -0.540. The third kappa shape index (κ3) is 3.82. The molecule has 2 aromatic carbocycles. The van der Waals surface area contributed by atoms with Gasteiger partial charge in [0.2, 0.25) is 5.91 Å². The lowest BCUT2D eigenvalue weighted by atomic mass is 10.0. The Labute approximate surface area is 144 Å². The molecule has 0 unspecified atom stereocenters. The van der Waals surface area contributed by atoms with E-state index in [9.17, 15) is 14.0 Å². The fraction of sp³-hybridized carbons (Fsp3) is 0.263. The van der Waals surface area contributed by atoms with Gasteiger partial charge in [-0.05, 0) is 54.7 Å². The highest BCUT2D eigenvalue weighted by atomic mass is 35.5. The molecule has 5 heteroatoms. The number of benzene rings is 2. The van der Waals surface area contributed by atoms with Crippen LogP contribution in [-0.4, -0.2) is 11.7 Å². The first-order valence-electron chi connectivity index (χ1n) is 7.93. The first-order chi connectivity index (χ1) is 11.5. The summed E-state index contributed by atoms with van der Waals surface area (Å²) in [5, 5.41) is 2.56. The summed E-state index contributed by atoms with van der Waals surface area (Å²) in [6, 6.07) is 9.76. The van der Waals surface area contributed by atoms with Crippen LogP contribution < -0.4 is 5.32 Å². The van der Waals surface area contributed by atoms with Gasteiger partial charge in [-0.3, -0.25) is 9.59 Å². The smallest absolute Gasteiger partial charge is 0.224 e. The molecule has 1 aliphatic carbocycles. The average molecular weight is 346 g/mol. The zero-order valence-electron chi connectivity index (χ0n) is 13.1. The lowest BCUT2D eigenvalue weighted by molar-refractivity contribution is -0.116. The maximum atomic E-state index is 13.1. The molecule has 0 aromatic heterocycles. The second-order valence-corrected chi connectivity index (χ2v) is 6.34. The fourth-order valence-electron chi connectivity index (χ4n) is 2.91. The lowest BCUT2D eigenvalue weighted by Gasteiger charge is -2.07. The minimum absolute atomic E-state index is 0.0445. The van der Waals surface area contributed by atoms with E-state index in [0.29, 0.717) is 11.3 Å². The van der Waals surface area contributed by atoms with Crippen molar-refractivity contribution >= 4 is 29.0 Å². The molecule has 124 valence electrons. The molecular weight excluding hydrogens is 329 g/mol. The van der Waals surface area contributed by atoms with Gasteiger partial charge in [0, 0.05) is 24.1 Å².